The summed E-state index contributed by atoms with van der Waals surface area (Å²) in [5, 5.41) is 3.67. The maximum absolute atomic E-state index is 12.9. The number of nitrogens with one attached hydrogen (secondary N) is 1. The van der Waals surface area contributed by atoms with Crippen LogP contribution in [0.15, 0.2) is 0 Å². The van der Waals surface area contributed by atoms with Crippen molar-refractivity contribution in [1.82, 2.24) is 15.1 Å². The minimum absolute atomic E-state index is 0.231. The van der Waals surface area contributed by atoms with E-state index in [0.717, 1.165) is 51.9 Å². The summed E-state index contributed by atoms with van der Waals surface area (Å²) in [6.07, 6.45) is 6.78. The molecule has 0 aromatic carbocycles. The fraction of sp³-hybridized carbons (Fsp3) is 0.938. The summed E-state index contributed by atoms with van der Waals surface area (Å²) in [6, 6.07) is 0. The van der Waals surface area contributed by atoms with Gasteiger partial charge >= 0.3 is 0 Å². The third-order valence-electron chi connectivity index (χ3n) is 4.91. The first kappa shape index (κ1) is 16.7. The van der Waals surface area contributed by atoms with Crippen molar-refractivity contribution in [3.8, 4) is 0 Å². The van der Waals surface area contributed by atoms with Gasteiger partial charge in [0.05, 0.1) is 18.3 Å². The Labute approximate surface area is 129 Å². The van der Waals surface area contributed by atoms with E-state index >= 15 is 0 Å². The normalized spacial score (nSPS) is 24.7. The number of rotatable bonds is 8. The highest BCUT2D eigenvalue weighted by molar-refractivity contribution is 5.89. The Balaban J connectivity index is 1.93. The Kier molecular flexibility index (Phi) is 6.02. The van der Waals surface area contributed by atoms with Gasteiger partial charge in [-0.15, -0.1) is 0 Å². The second-order valence-electron chi connectivity index (χ2n) is 6.53. The first-order chi connectivity index (χ1) is 10.1. The molecule has 1 N–H and O–H groups in total. The van der Waals surface area contributed by atoms with Crippen LogP contribution < -0.4 is 5.32 Å². The molecule has 5 heteroatoms. The molecule has 0 bridgehead atoms. The number of amides is 1. The Morgan fingerprint density at radius 1 is 1.38 bits per heavy atom. The van der Waals surface area contributed by atoms with Gasteiger partial charge in [-0.1, -0.05) is 26.2 Å². The van der Waals surface area contributed by atoms with Crippen molar-refractivity contribution < 1.29 is 9.53 Å². The predicted octanol–water partition coefficient (Wildman–Crippen LogP) is 1.44. The molecule has 0 aromatic heterocycles. The summed E-state index contributed by atoms with van der Waals surface area (Å²) in [6.45, 7) is 5.57. The second-order valence-corrected chi connectivity index (χ2v) is 6.53. The third kappa shape index (κ3) is 3.76. The Bertz CT molecular complexity index is 342. The average molecular weight is 297 g/mol. The maximum atomic E-state index is 12.9. The molecule has 0 aromatic rings. The van der Waals surface area contributed by atoms with Crippen LogP contribution >= 0.6 is 0 Å². The Hall–Kier alpha value is -0.650. The lowest BCUT2D eigenvalue weighted by Crippen LogP contribution is -2.44. The minimum atomic E-state index is -0.231. The van der Waals surface area contributed by atoms with Crippen molar-refractivity contribution in [3.05, 3.63) is 0 Å². The molecule has 1 aliphatic heterocycles. The topological polar surface area (TPSA) is 44.8 Å². The molecule has 2 aliphatic rings. The van der Waals surface area contributed by atoms with Gasteiger partial charge < -0.3 is 14.5 Å². The van der Waals surface area contributed by atoms with E-state index in [1.165, 1.54) is 12.8 Å². The average Bonchev–Trinajstić information content (AvgIpc) is 3.03. The highest BCUT2D eigenvalue weighted by Gasteiger charge is 2.51. The van der Waals surface area contributed by atoms with Crippen molar-refractivity contribution in [2.75, 3.05) is 40.4 Å². The number of ether oxygens (including phenoxy) is 1. The second kappa shape index (κ2) is 7.56. The lowest BCUT2D eigenvalue weighted by Gasteiger charge is -2.26. The molecule has 2 fully saturated rings. The molecule has 1 heterocycles. The van der Waals surface area contributed by atoms with Gasteiger partial charge in [0.2, 0.25) is 5.91 Å². The van der Waals surface area contributed by atoms with E-state index in [4.69, 9.17) is 4.74 Å². The highest BCUT2D eigenvalue weighted by Crippen LogP contribution is 2.37. The van der Waals surface area contributed by atoms with Gasteiger partial charge in [0, 0.05) is 26.7 Å². The molecule has 1 unspecified atom stereocenters. The molecule has 122 valence electrons. The van der Waals surface area contributed by atoms with Crippen LogP contribution in [0.2, 0.25) is 0 Å². The number of hydrogen-bond acceptors (Lipinski definition) is 4. The number of hydrogen-bond donors (Lipinski definition) is 1. The zero-order valence-electron chi connectivity index (χ0n) is 13.9. The number of carbonyl (C=O) groups excluding carboxylic acids is 1. The Morgan fingerprint density at radius 3 is 2.71 bits per heavy atom. The van der Waals surface area contributed by atoms with E-state index in [-0.39, 0.29) is 11.7 Å². The zero-order valence-corrected chi connectivity index (χ0v) is 13.9. The molecule has 1 spiro atoms. The summed E-state index contributed by atoms with van der Waals surface area (Å²) in [4.78, 5) is 17.2. The van der Waals surface area contributed by atoms with Gasteiger partial charge in [-0.3, -0.25) is 10.1 Å². The van der Waals surface area contributed by atoms with Crippen LogP contribution in [0.1, 0.15) is 45.4 Å². The van der Waals surface area contributed by atoms with Crippen molar-refractivity contribution in [2.45, 2.75) is 57.2 Å². The summed E-state index contributed by atoms with van der Waals surface area (Å²) in [5.41, 5.74) is -0.231. The molecule has 1 atom stereocenters. The van der Waals surface area contributed by atoms with Crippen molar-refractivity contribution in [2.24, 2.45) is 0 Å². The fourth-order valence-electron chi connectivity index (χ4n) is 3.61. The predicted molar refractivity (Wildman–Crippen MR) is 84.1 cm³/mol. The standard InChI is InChI=1S/C16H31N3O2/c1-4-7-14-17-16(8-5-6-9-16)15(20)19(14)11-10-18(2)12-13-21-3/h14,17H,4-13H2,1-3H3. The van der Waals surface area contributed by atoms with E-state index in [0.29, 0.717) is 5.91 Å². The van der Waals surface area contributed by atoms with Gasteiger partial charge in [-0.2, -0.15) is 0 Å². The zero-order chi connectivity index (χ0) is 15.3. The highest BCUT2D eigenvalue weighted by atomic mass is 16.5. The van der Waals surface area contributed by atoms with Gasteiger partial charge in [0.15, 0.2) is 0 Å². The van der Waals surface area contributed by atoms with E-state index in [1.807, 2.05) is 0 Å². The number of methoxy groups -OCH3 is 1. The van der Waals surface area contributed by atoms with Crippen LogP contribution in [0.4, 0.5) is 0 Å². The molecular formula is C16H31N3O2. The van der Waals surface area contributed by atoms with Crippen molar-refractivity contribution in [1.29, 1.82) is 0 Å². The SMILES string of the molecule is CCCC1NC2(CCCC2)C(=O)N1CCN(C)CCOC. The molecule has 5 nitrogen and oxygen atoms in total. The monoisotopic (exact) mass is 297 g/mol. The largest absolute Gasteiger partial charge is 0.383 e. The summed E-state index contributed by atoms with van der Waals surface area (Å²) < 4.78 is 5.11. The van der Waals surface area contributed by atoms with Gasteiger partial charge in [-0.25, -0.2) is 0 Å². The van der Waals surface area contributed by atoms with Crippen LogP contribution in [0.5, 0.6) is 0 Å². The molecule has 1 aliphatic carbocycles. The van der Waals surface area contributed by atoms with Crippen LogP contribution in [0.25, 0.3) is 0 Å². The number of nitrogens with zero attached hydrogens (tertiary/aromatic N) is 2. The van der Waals surface area contributed by atoms with Crippen molar-refractivity contribution in [3.63, 3.8) is 0 Å². The first-order valence-corrected chi connectivity index (χ1v) is 8.39. The van der Waals surface area contributed by atoms with Crippen LogP contribution in [-0.4, -0.2) is 67.8 Å². The molecule has 1 amide bonds. The molecule has 1 saturated carbocycles. The van der Waals surface area contributed by atoms with Crippen LogP contribution in [0, 0.1) is 0 Å². The molecule has 0 radical (unpaired) electrons. The summed E-state index contributed by atoms with van der Waals surface area (Å²) in [5.74, 6) is 0.346. The summed E-state index contributed by atoms with van der Waals surface area (Å²) >= 11 is 0. The van der Waals surface area contributed by atoms with E-state index in [9.17, 15) is 4.79 Å². The van der Waals surface area contributed by atoms with E-state index < -0.39 is 0 Å². The lowest BCUT2D eigenvalue weighted by molar-refractivity contribution is -0.133. The molecule has 2 rings (SSSR count). The number of carbonyl (C=O) groups is 1. The quantitative estimate of drug-likeness (QED) is 0.736. The minimum Gasteiger partial charge on any atom is -0.383 e. The molecular weight excluding hydrogens is 266 g/mol. The Morgan fingerprint density at radius 2 is 2.10 bits per heavy atom. The fourth-order valence-corrected chi connectivity index (χ4v) is 3.61. The lowest BCUT2D eigenvalue weighted by atomic mass is 9.98. The smallest absolute Gasteiger partial charge is 0.244 e. The third-order valence-corrected chi connectivity index (χ3v) is 4.91. The molecule has 1 saturated heterocycles. The van der Waals surface area contributed by atoms with Crippen LogP contribution in [-0.2, 0) is 9.53 Å². The van der Waals surface area contributed by atoms with Gasteiger partial charge in [0.1, 0.15) is 0 Å². The first-order valence-electron chi connectivity index (χ1n) is 8.39. The molecule has 21 heavy (non-hydrogen) atoms. The van der Waals surface area contributed by atoms with Crippen LogP contribution in [0.3, 0.4) is 0 Å². The summed E-state index contributed by atoms with van der Waals surface area (Å²) in [7, 11) is 3.82. The number of likely N-dealkylation sites (N-methyl/N-ethyl adjacent to an activating group) is 1. The van der Waals surface area contributed by atoms with Crippen molar-refractivity contribution >= 4 is 5.91 Å². The van der Waals surface area contributed by atoms with E-state index in [2.05, 4.69) is 29.1 Å². The van der Waals surface area contributed by atoms with Gasteiger partial charge in [-0.05, 0) is 26.3 Å². The maximum Gasteiger partial charge on any atom is 0.244 e. The van der Waals surface area contributed by atoms with E-state index in [1.54, 1.807) is 7.11 Å². The van der Waals surface area contributed by atoms with Gasteiger partial charge in [0.25, 0.3) is 0 Å².